The number of carbonyl (C=O) groups excluding carboxylic acids is 2. The molecule has 3 aromatic rings. The van der Waals surface area contributed by atoms with Crippen molar-refractivity contribution < 1.29 is 9.59 Å². The maximum Gasteiger partial charge on any atom is 0.230 e. The first-order valence-corrected chi connectivity index (χ1v) is 14.6. The average Bonchev–Trinajstić information content (AvgIpc) is 3.20. The summed E-state index contributed by atoms with van der Waals surface area (Å²) in [6.07, 6.45) is 8.72. The molecule has 7 nitrogen and oxygen atoms in total. The largest absolute Gasteiger partial charge is 0.366 e. The maximum atomic E-state index is 12.2. The van der Waals surface area contributed by atoms with Crippen molar-refractivity contribution in [2.75, 3.05) is 18.0 Å². The molecule has 192 valence electrons. The minimum atomic E-state index is -0.0968. The fourth-order valence-corrected chi connectivity index (χ4v) is 8.53. The number of nitrogens with zero attached hydrogens (tertiary/aromatic N) is 4. The molecule has 38 heavy (non-hydrogen) atoms. The highest BCUT2D eigenvalue weighted by Gasteiger charge is 2.51. The molecule has 2 aromatic heterocycles. The molecule has 2 saturated carbocycles. The van der Waals surface area contributed by atoms with Gasteiger partial charge in [0.15, 0.2) is 0 Å². The van der Waals surface area contributed by atoms with E-state index in [2.05, 4.69) is 39.5 Å². The molecule has 0 unspecified atom stereocenters. The molecule has 1 spiro atoms. The molecule has 2 aliphatic carbocycles. The van der Waals surface area contributed by atoms with Crippen LogP contribution in [0.3, 0.4) is 0 Å². The quantitative estimate of drug-likeness (QED) is 0.499. The highest BCUT2D eigenvalue weighted by atomic mass is 32.1. The van der Waals surface area contributed by atoms with Gasteiger partial charge in [0.25, 0.3) is 0 Å². The van der Waals surface area contributed by atoms with Gasteiger partial charge in [-0.1, -0.05) is 0 Å². The lowest BCUT2D eigenvalue weighted by Gasteiger charge is -2.41. The first-order chi connectivity index (χ1) is 18.5. The molecule has 5 heterocycles. The molecule has 4 fully saturated rings. The topological polar surface area (TPSA) is 89.3 Å². The van der Waals surface area contributed by atoms with Crippen molar-refractivity contribution in [3.63, 3.8) is 0 Å². The number of nitriles is 1. The van der Waals surface area contributed by atoms with Crippen LogP contribution >= 0.6 is 11.3 Å². The van der Waals surface area contributed by atoms with E-state index in [1.165, 1.54) is 48.3 Å². The van der Waals surface area contributed by atoms with Crippen LogP contribution in [0, 0.1) is 17.2 Å². The third-order valence-electron chi connectivity index (χ3n) is 9.62. The monoisotopic (exact) mass is 523 g/mol. The van der Waals surface area contributed by atoms with E-state index >= 15 is 0 Å². The van der Waals surface area contributed by atoms with Gasteiger partial charge in [0.2, 0.25) is 11.8 Å². The summed E-state index contributed by atoms with van der Waals surface area (Å²) in [6.45, 7) is 2.41. The van der Waals surface area contributed by atoms with Gasteiger partial charge in [0, 0.05) is 65.4 Å². The Labute approximate surface area is 225 Å². The van der Waals surface area contributed by atoms with Crippen LogP contribution in [0.25, 0.3) is 21.3 Å². The fourth-order valence-electron chi connectivity index (χ4n) is 7.40. The molecule has 1 N–H and O–H groups in total. The van der Waals surface area contributed by atoms with Crippen LogP contribution in [0.4, 0.5) is 5.69 Å². The SMILES string of the molecule is N#Cc1cc(-c2ccnc3cc(CN4C(=O)CCC4=O)sc23)c2c(c1)[C@@H]1C[C@@H]1CN2[C@@H]1CNC2(CCC2)C1. The zero-order valence-corrected chi connectivity index (χ0v) is 22.0. The van der Waals surface area contributed by atoms with Gasteiger partial charge in [0.1, 0.15) is 0 Å². The van der Waals surface area contributed by atoms with E-state index in [9.17, 15) is 14.9 Å². The Morgan fingerprint density at radius 3 is 2.74 bits per heavy atom. The van der Waals surface area contributed by atoms with Crippen LogP contribution in [-0.2, 0) is 16.1 Å². The number of hydrogen-bond acceptors (Lipinski definition) is 7. The van der Waals surface area contributed by atoms with Crippen molar-refractivity contribution >= 4 is 39.1 Å². The van der Waals surface area contributed by atoms with E-state index < -0.39 is 0 Å². The number of pyridine rings is 1. The Hall–Kier alpha value is -3.28. The van der Waals surface area contributed by atoms with Gasteiger partial charge >= 0.3 is 0 Å². The number of thiophene rings is 1. The number of likely N-dealkylation sites (tertiary alicyclic amines) is 1. The summed E-state index contributed by atoms with van der Waals surface area (Å²) in [4.78, 5) is 34.1. The Morgan fingerprint density at radius 1 is 1.16 bits per heavy atom. The predicted molar refractivity (Wildman–Crippen MR) is 146 cm³/mol. The van der Waals surface area contributed by atoms with Gasteiger partial charge < -0.3 is 10.2 Å². The van der Waals surface area contributed by atoms with Crippen LogP contribution < -0.4 is 10.2 Å². The lowest BCUT2D eigenvalue weighted by atomic mass is 9.75. The Morgan fingerprint density at radius 2 is 2.00 bits per heavy atom. The smallest absolute Gasteiger partial charge is 0.230 e. The van der Waals surface area contributed by atoms with Crippen LogP contribution in [0.1, 0.15) is 66.9 Å². The van der Waals surface area contributed by atoms with Gasteiger partial charge in [-0.2, -0.15) is 5.26 Å². The number of fused-ring (bicyclic) bond motifs is 4. The van der Waals surface area contributed by atoms with Crippen molar-refractivity contribution in [3.8, 4) is 17.2 Å². The lowest BCUT2D eigenvalue weighted by molar-refractivity contribution is -0.138. The zero-order valence-electron chi connectivity index (χ0n) is 21.2. The van der Waals surface area contributed by atoms with Crippen LogP contribution in [0.5, 0.6) is 0 Å². The summed E-state index contributed by atoms with van der Waals surface area (Å²) in [6, 6.07) is 11.2. The predicted octanol–water partition coefficient (Wildman–Crippen LogP) is 4.69. The van der Waals surface area contributed by atoms with Gasteiger partial charge in [0.05, 0.1) is 28.4 Å². The average molecular weight is 524 g/mol. The Balaban J connectivity index is 1.25. The minimum absolute atomic E-state index is 0.0968. The van der Waals surface area contributed by atoms with E-state index in [0.29, 0.717) is 48.4 Å². The molecule has 2 amide bonds. The van der Waals surface area contributed by atoms with Crippen LogP contribution in [-0.4, -0.2) is 46.4 Å². The number of aromatic nitrogens is 1. The summed E-state index contributed by atoms with van der Waals surface area (Å²) >= 11 is 1.61. The highest BCUT2D eigenvalue weighted by molar-refractivity contribution is 7.19. The molecular weight excluding hydrogens is 494 g/mol. The molecule has 1 aromatic carbocycles. The van der Waals surface area contributed by atoms with Gasteiger partial charge in [-0.3, -0.25) is 19.5 Å². The van der Waals surface area contributed by atoms with Gasteiger partial charge in [-0.25, -0.2) is 0 Å². The number of benzene rings is 1. The van der Waals surface area contributed by atoms with E-state index in [-0.39, 0.29) is 11.8 Å². The first kappa shape index (κ1) is 22.7. The van der Waals surface area contributed by atoms with Crippen molar-refractivity contribution in [2.45, 2.75) is 69.0 Å². The van der Waals surface area contributed by atoms with Crippen LogP contribution in [0.15, 0.2) is 30.5 Å². The Bertz CT molecular complexity index is 1550. The van der Waals surface area contributed by atoms with Crippen molar-refractivity contribution in [2.24, 2.45) is 5.92 Å². The van der Waals surface area contributed by atoms with E-state index in [0.717, 1.165) is 39.3 Å². The molecule has 8 rings (SSSR count). The second-order valence-electron chi connectivity index (χ2n) is 11.9. The van der Waals surface area contributed by atoms with E-state index in [1.54, 1.807) is 11.3 Å². The number of amides is 2. The fraction of sp³-hybridized carbons (Fsp3) is 0.467. The third-order valence-corrected chi connectivity index (χ3v) is 10.8. The van der Waals surface area contributed by atoms with Gasteiger partial charge in [-0.05, 0) is 73.8 Å². The standard InChI is InChI=1S/C30H29N5O2S/c31-13-17-8-23(21-4-7-32-25-11-20(38-29(21)25)16-35-26(36)2-3-27(35)37)28-24(9-17)22-10-18(22)15-34(28)19-12-30(33-14-19)5-1-6-30/h4,7-9,11,18-19,22,33H,1-3,5-6,10,12,14-16H2/t18-,19+,22-/m1/s1. The first-order valence-electron chi connectivity index (χ1n) is 13.8. The maximum absolute atomic E-state index is 12.2. The highest BCUT2D eigenvalue weighted by Crippen LogP contribution is 2.58. The molecule has 8 heteroatoms. The number of rotatable bonds is 4. The van der Waals surface area contributed by atoms with Crippen LogP contribution in [0.2, 0.25) is 0 Å². The molecule has 0 bridgehead atoms. The molecule has 3 atom stereocenters. The number of carbonyl (C=O) groups is 2. The number of hydrogen-bond donors (Lipinski definition) is 1. The number of anilines is 1. The normalized spacial score (nSPS) is 27.0. The molecular formula is C30H29N5O2S. The van der Waals surface area contributed by atoms with Crippen molar-refractivity contribution in [3.05, 3.63) is 46.5 Å². The minimum Gasteiger partial charge on any atom is -0.366 e. The zero-order chi connectivity index (χ0) is 25.6. The summed E-state index contributed by atoms with van der Waals surface area (Å²) in [7, 11) is 0. The summed E-state index contributed by atoms with van der Waals surface area (Å²) in [5.41, 5.74) is 6.76. The van der Waals surface area contributed by atoms with E-state index in [1.807, 2.05) is 12.3 Å². The van der Waals surface area contributed by atoms with Gasteiger partial charge in [-0.15, -0.1) is 11.3 Å². The van der Waals surface area contributed by atoms with E-state index in [4.69, 9.17) is 0 Å². The third kappa shape index (κ3) is 3.38. The molecule has 2 saturated heterocycles. The number of nitrogens with one attached hydrogen (secondary N) is 1. The number of imide groups is 1. The molecule has 3 aliphatic heterocycles. The summed E-state index contributed by atoms with van der Waals surface area (Å²) in [5, 5.41) is 13.8. The van der Waals surface area contributed by atoms with Crippen molar-refractivity contribution in [1.82, 2.24) is 15.2 Å². The second kappa shape index (κ2) is 8.11. The molecule has 0 radical (unpaired) electrons. The summed E-state index contributed by atoms with van der Waals surface area (Å²) in [5.74, 6) is 1.04. The molecule has 5 aliphatic rings. The summed E-state index contributed by atoms with van der Waals surface area (Å²) < 4.78 is 1.05. The Kier molecular flexibility index (Phi) is 4.84. The van der Waals surface area contributed by atoms with Crippen molar-refractivity contribution in [1.29, 1.82) is 5.26 Å². The second-order valence-corrected chi connectivity index (χ2v) is 13.0. The lowest BCUT2D eigenvalue weighted by Crippen LogP contribution is -2.46.